The van der Waals surface area contributed by atoms with E-state index >= 15 is 0 Å². The van der Waals surface area contributed by atoms with Crippen LogP contribution in [0.15, 0.2) is 24.0 Å². The molecule has 0 aromatic rings. The average Bonchev–Trinajstić information content (AvgIpc) is 2.28. The molecule has 0 radical (unpaired) electrons. The van der Waals surface area contributed by atoms with Crippen molar-refractivity contribution in [1.29, 1.82) is 0 Å². The number of primary sulfonamides is 1. The Kier molecular flexibility index (Phi) is 6.63. The third-order valence-corrected chi connectivity index (χ3v) is 5.25. The van der Waals surface area contributed by atoms with Crippen LogP contribution in [0, 0.1) is 0 Å². The van der Waals surface area contributed by atoms with Gasteiger partial charge in [0, 0.05) is 0 Å². The molecule has 0 saturated heterocycles. The maximum absolute atomic E-state index is 11.9. The first-order valence-electron chi connectivity index (χ1n) is 6.34. The number of hydrogen-bond acceptors (Lipinski definition) is 3. The van der Waals surface area contributed by atoms with Crippen LogP contribution >= 0.6 is 0 Å². The second-order valence-corrected chi connectivity index (χ2v) is 6.04. The monoisotopic (exact) mass is 275 g/mol. The summed E-state index contributed by atoms with van der Waals surface area (Å²) in [4.78, 5) is 0. The van der Waals surface area contributed by atoms with Crippen LogP contribution < -0.4 is 5.14 Å². The first-order valence-corrected chi connectivity index (χ1v) is 7.88. The lowest BCUT2D eigenvalue weighted by Gasteiger charge is -2.32. The van der Waals surface area contributed by atoms with Crippen LogP contribution in [-0.2, 0) is 14.8 Å². The summed E-state index contributed by atoms with van der Waals surface area (Å²) in [5.74, 6) is 0.476. The minimum atomic E-state index is -3.66. The van der Waals surface area contributed by atoms with Gasteiger partial charge in [0.1, 0.15) is 10.5 Å². The van der Waals surface area contributed by atoms with Crippen molar-refractivity contribution in [3.63, 3.8) is 0 Å². The highest BCUT2D eigenvalue weighted by atomic mass is 32.2. The van der Waals surface area contributed by atoms with Crippen LogP contribution in [0.4, 0.5) is 0 Å². The van der Waals surface area contributed by atoms with E-state index in [2.05, 4.69) is 6.58 Å². The smallest absolute Gasteiger partial charge is 0.218 e. The first-order chi connectivity index (χ1) is 8.28. The van der Waals surface area contributed by atoms with Crippen molar-refractivity contribution < 1.29 is 13.2 Å². The fourth-order valence-corrected chi connectivity index (χ4v) is 3.64. The molecule has 0 aliphatic heterocycles. The molecule has 2 N–H and O–H groups in total. The molecule has 0 heterocycles. The van der Waals surface area contributed by atoms with Crippen molar-refractivity contribution in [1.82, 2.24) is 0 Å². The zero-order valence-corrected chi connectivity index (χ0v) is 12.6. The van der Waals surface area contributed by atoms with Gasteiger partial charge >= 0.3 is 0 Å². The van der Waals surface area contributed by atoms with E-state index in [-0.39, 0.29) is 0 Å². The largest absolute Gasteiger partial charge is 0.495 e. The molecule has 0 unspecified atom stereocenters. The van der Waals surface area contributed by atoms with Gasteiger partial charge in [0.2, 0.25) is 10.0 Å². The third kappa shape index (κ3) is 3.59. The molecule has 5 heteroatoms. The Hall–Kier alpha value is -0.810. The topological polar surface area (TPSA) is 69.4 Å². The molecule has 0 bridgehead atoms. The normalized spacial score (nSPS) is 13.5. The molecule has 0 aromatic heterocycles. The van der Waals surface area contributed by atoms with Crippen LogP contribution in [0.3, 0.4) is 0 Å². The van der Waals surface area contributed by atoms with Gasteiger partial charge in [-0.2, -0.15) is 0 Å². The Morgan fingerprint density at radius 3 is 2.06 bits per heavy atom. The third-order valence-electron chi connectivity index (χ3n) is 3.32. The predicted octanol–water partition coefficient (Wildman–Crippen LogP) is 2.72. The van der Waals surface area contributed by atoms with Crippen molar-refractivity contribution in [3.05, 3.63) is 24.0 Å². The number of allylic oxidation sites excluding steroid dienone is 1. The van der Waals surface area contributed by atoms with E-state index in [1.807, 2.05) is 27.7 Å². The Bertz CT molecular complexity index is 406. The van der Waals surface area contributed by atoms with Crippen LogP contribution in [0.25, 0.3) is 0 Å². The molecule has 0 aliphatic rings. The molecule has 18 heavy (non-hydrogen) atoms. The van der Waals surface area contributed by atoms with Crippen molar-refractivity contribution in [2.75, 3.05) is 6.61 Å². The van der Waals surface area contributed by atoms with Crippen LogP contribution in [0.5, 0.6) is 0 Å². The highest BCUT2D eigenvalue weighted by Crippen LogP contribution is 2.34. The molecule has 4 nitrogen and oxygen atoms in total. The number of hydrogen-bond donors (Lipinski definition) is 1. The van der Waals surface area contributed by atoms with E-state index in [4.69, 9.17) is 9.88 Å². The molecule has 0 fully saturated rings. The van der Waals surface area contributed by atoms with E-state index in [0.717, 1.165) is 5.57 Å². The van der Waals surface area contributed by atoms with E-state index in [1.54, 1.807) is 6.08 Å². The number of sulfonamides is 1. The van der Waals surface area contributed by atoms with Gasteiger partial charge in [-0.3, -0.25) is 0 Å². The Balaban J connectivity index is 5.65. The molecule has 0 saturated carbocycles. The second-order valence-electron chi connectivity index (χ2n) is 4.17. The Morgan fingerprint density at radius 2 is 1.78 bits per heavy atom. The standard InChI is InChI=1S/C13H25NO3S/c1-6-12(10-11(5)17-9-4)13(7-2,8-3)18(14,15)16/h10H,5-9H2,1-4H3,(H2,14,15,16)/b12-10+. The van der Waals surface area contributed by atoms with Crippen molar-refractivity contribution in [2.45, 2.75) is 51.7 Å². The summed E-state index contributed by atoms with van der Waals surface area (Å²) in [5.41, 5.74) is 0.758. The predicted molar refractivity (Wildman–Crippen MR) is 75.6 cm³/mol. The zero-order chi connectivity index (χ0) is 14.4. The minimum Gasteiger partial charge on any atom is -0.495 e. The van der Waals surface area contributed by atoms with Crippen LogP contribution in [0.1, 0.15) is 47.0 Å². The average molecular weight is 275 g/mol. The maximum atomic E-state index is 11.9. The lowest BCUT2D eigenvalue weighted by Crippen LogP contribution is -2.44. The summed E-state index contributed by atoms with van der Waals surface area (Å²) in [6.07, 6.45) is 3.20. The van der Waals surface area contributed by atoms with E-state index < -0.39 is 14.8 Å². The molecule has 106 valence electrons. The molecular weight excluding hydrogens is 250 g/mol. The van der Waals surface area contributed by atoms with Gasteiger partial charge in [-0.1, -0.05) is 27.4 Å². The van der Waals surface area contributed by atoms with Gasteiger partial charge in [0.05, 0.1) is 6.61 Å². The van der Waals surface area contributed by atoms with Gasteiger partial charge < -0.3 is 4.74 Å². The van der Waals surface area contributed by atoms with Crippen molar-refractivity contribution >= 4 is 10.0 Å². The lowest BCUT2D eigenvalue weighted by molar-refractivity contribution is 0.243. The fraction of sp³-hybridized carbons (Fsp3) is 0.692. The summed E-state index contributed by atoms with van der Waals surface area (Å²) in [7, 11) is -3.66. The Morgan fingerprint density at radius 1 is 1.28 bits per heavy atom. The van der Waals surface area contributed by atoms with Gasteiger partial charge in [0.25, 0.3) is 0 Å². The van der Waals surface area contributed by atoms with Crippen LogP contribution in [0.2, 0.25) is 0 Å². The highest BCUT2D eigenvalue weighted by Gasteiger charge is 2.41. The molecular formula is C13H25NO3S. The summed E-state index contributed by atoms with van der Waals surface area (Å²) in [6.45, 7) is 11.7. The second kappa shape index (κ2) is 6.95. The summed E-state index contributed by atoms with van der Waals surface area (Å²) in [5, 5.41) is 5.42. The van der Waals surface area contributed by atoms with Gasteiger partial charge in [-0.15, -0.1) is 0 Å². The first kappa shape index (κ1) is 17.2. The van der Waals surface area contributed by atoms with E-state index in [0.29, 0.717) is 31.6 Å². The minimum absolute atomic E-state index is 0.446. The number of rotatable bonds is 8. The molecule has 0 aliphatic carbocycles. The van der Waals surface area contributed by atoms with Crippen LogP contribution in [-0.4, -0.2) is 19.8 Å². The lowest BCUT2D eigenvalue weighted by atomic mass is 9.90. The SMILES string of the molecule is C=C(/C=C(\CC)C(CC)(CC)S(N)(=O)=O)OCC. The molecule has 0 aromatic carbocycles. The molecule has 0 amide bonds. The highest BCUT2D eigenvalue weighted by molar-refractivity contribution is 7.90. The maximum Gasteiger partial charge on any atom is 0.218 e. The summed E-state index contributed by atoms with van der Waals surface area (Å²) >= 11 is 0. The summed E-state index contributed by atoms with van der Waals surface area (Å²) < 4.78 is 28.1. The van der Waals surface area contributed by atoms with Crippen molar-refractivity contribution in [2.24, 2.45) is 5.14 Å². The quantitative estimate of drug-likeness (QED) is 0.547. The van der Waals surface area contributed by atoms with Gasteiger partial charge in [-0.05, 0) is 37.8 Å². The molecule has 0 rings (SSSR count). The Labute approximate surface area is 111 Å². The van der Waals surface area contributed by atoms with Gasteiger partial charge in [0.15, 0.2) is 0 Å². The van der Waals surface area contributed by atoms with Gasteiger partial charge in [-0.25, -0.2) is 13.6 Å². The molecule has 0 atom stereocenters. The van der Waals surface area contributed by atoms with E-state index in [1.165, 1.54) is 0 Å². The fourth-order valence-electron chi connectivity index (χ4n) is 2.27. The number of nitrogens with two attached hydrogens (primary N) is 1. The van der Waals surface area contributed by atoms with E-state index in [9.17, 15) is 8.42 Å². The summed E-state index contributed by atoms with van der Waals surface area (Å²) in [6, 6.07) is 0. The van der Waals surface area contributed by atoms with Crippen molar-refractivity contribution in [3.8, 4) is 0 Å². The number of ether oxygens (including phenoxy) is 1. The molecule has 0 spiro atoms. The zero-order valence-electron chi connectivity index (χ0n) is 11.8.